The summed E-state index contributed by atoms with van der Waals surface area (Å²) in [5.74, 6) is 2.37. The number of carbonyl (C=O) groups excluding carboxylic acids is 1. The van der Waals surface area contributed by atoms with Gasteiger partial charge in [0, 0.05) is 17.3 Å². The lowest BCUT2D eigenvalue weighted by Gasteiger charge is -2.08. The Balaban J connectivity index is 2.65. The number of primary sulfonamides is 1. The molecule has 0 aliphatic carbocycles. The third-order valence-corrected chi connectivity index (χ3v) is 4.09. The summed E-state index contributed by atoms with van der Waals surface area (Å²) < 4.78 is 22.8. The molecule has 0 aliphatic heterocycles. The van der Waals surface area contributed by atoms with Crippen LogP contribution in [0.1, 0.15) is 25.7 Å². The quantitative estimate of drug-likeness (QED) is 0.603. The Morgan fingerprint density at radius 3 is 2.65 bits per heavy atom. The zero-order valence-electron chi connectivity index (χ0n) is 10.7. The SMILES string of the molecule is C#CCCCCC(=O)Nc1ccc(S(N)(=O)=O)cc1Br. The van der Waals surface area contributed by atoms with Gasteiger partial charge >= 0.3 is 0 Å². The van der Waals surface area contributed by atoms with Crippen molar-refractivity contribution in [1.82, 2.24) is 0 Å². The fourth-order valence-corrected chi connectivity index (χ4v) is 2.67. The molecule has 1 aromatic rings. The van der Waals surface area contributed by atoms with Gasteiger partial charge in [0.05, 0.1) is 10.6 Å². The van der Waals surface area contributed by atoms with Crippen molar-refractivity contribution >= 4 is 37.5 Å². The van der Waals surface area contributed by atoms with E-state index in [1.54, 1.807) is 0 Å². The largest absolute Gasteiger partial charge is 0.325 e. The summed E-state index contributed by atoms with van der Waals surface area (Å²) in [6.07, 6.45) is 7.65. The molecule has 0 radical (unpaired) electrons. The van der Waals surface area contributed by atoms with E-state index in [4.69, 9.17) is 11.6 Å². The van der Waals surface area contributed by atoms with Crippen LogP contribution in [-0.2, 0) is 14.8 Å². The average molecular weight is 359 g/mol. The fraction of sp³-hybridized carbons (Fsp3) is 0.308. The van der Waals surface area contributed by atoms with Crippen LogP contribution >= 0.6 is 15.9 Å². The number of sulfonamides is 1. The van der Waals surface area contributed by atoms with Crippen LogP contribution in [0.2, 0.25) is 0 Å². The van der Waals surface area contributed by atoms with Gasteiger partial charge in [-0.2, -0.15) is 0 Å². The van der Waals surface area contributed by atoms with E-state index >= 15 is 0 Å². The van der Waals surface area contributed by atoms with Crippen LogP contribution in [0.15, 0.2) is 27.6 Å². The topological polar surface area (TPSA) is 89.3 Å². The molecule has 0 atom stereocenters. The molecule has 3 N–H and O–H groups in total. The number of halogens is 1. The highest BCUT2D eigenvalue weighted by Gasteiger charge is 2.11. The van der Waals surface area contributed by atoms with Crippen molar-refractivity contribution in [1.29, 1.82) is 0 Å². The fourth-order valence-electron chi connectivity index (χ4n) is 1.50. The smallest absolute Gasteiger partial charge is 0.238 e. The standard InChI is InChI=1S/C13H15BrN2O3S/c1-2-3-4-5-6-13(17)16-12-8-7-10(9-11(12)14)20(15,18)19/h1,7-9H,3-6H2,(H,16,17)(H2,15,18,19). The monoisotopic (exact) mass is 358 g/mol. The molecule has 0 spiro atoms. The van der Waals surface area contributed by atoms with Crippen LogP contribution in [0.25, 0.3) is 0 Å². The van der Waals surface area contributed by atoms with Gasteiger partial charge in [0.25, 0.3) is 0 Å². The molecule has 20 heavy (non-hydrogen) atoms. The first kappa shape index (κ1) is 16.7. The molecular formula is C13H15BrN2O3S. The minimum Gasteiger partial charge on any atom is -0.325 e. The number of unbranched alkanes of at least 4 members (excludes halogenated alkanes) is 2. The van der Waals surface area contributed by atoms with Crippen molar-refractivity contribution in [3.63, 3.8) is 0 Å². The minimum atomic E-state index is -3.75. The molecule has 0 saturated carbocycles. The molecule has 0 fully saturated rings. The van der Waals surface area contributed by atoms with Crippen molar-refractivity contribution in [3.8, 4) is 12.3 Å². The van der Waals surface area contributed by atoms with Gasteiger partial charge in [-0.15, -0.1) is 12.3 Å². The lowest BCUT2D eigenvalue weighted by Crippen LogP contribution is -2.14. The summed E-state index contributed by atoms with van der Waals surface area (Å²) in [7, 11) is -3.75. The molecule has 0 unspecified atom stereocenters. The molecular weight excluding hydrogens is 344 g/mol. The molecule has 0 heterocycles. The van der Waals surface area contributed by atoms with Crippen molar-refractivity contribution in [2.75, 3.05) is 5.32 Å². The van der Waals surface area contributed by atoms with Gasteiger partial charge in [-0.25, -0.2) is 13.6 Å². The van der Waals surface area contributed by atoms with E-state index in [9.17, 15) is 13.2 Å². The lowest BCUT2D eigenvalue weighted by atomic mass is 10.2. The Kier molecular flexibility index (Phi) is 6.20. The van der Waals surface area contributed by atoms with Crippen molar-refractivity contribution < 1.29 is 13.2 Å². The molecule has 1 aromatic carbocycles. The third kappa shape index (κ3) is 5.33. The van der Waals surface area contributed by atoms with E-state index in [-0.39, 0.29) is 10.8 Å². The zero-order valence-corrected chi connectivity index (χ0v) is 13.1. The van der Waals surface area contributed by atoms with Crippen LogP contribution in [-0.4, -0.2) is 14.3 Å². The summed E-state index contributed by atoms with van der Waals surface area (Å²) >= 11 is 3.20. The van der Waals surface area contributed by atoms with E-state index in [2.05, 4.69) is 27.2 Å². The first-order valence-corrected chi connectivity index (χ1v) is 8.24. The van der Waals surface area contributed by atoms with E-state index in [1.807, 2.05) is 0 Å². The van der Waals surface area contributed by atoms with Crippen LogP contribution in [0, 0.1) is 12.3 Å². The zero-order chi connectivity index (χ0) is 15.2. The number of rotatable bonds is 6. The predicted octanol–water partition coefficient (Wildman–Crippen LogP) is 2.23. The number of nitrogens with two attached hydrogens (primary N) is 1. The van der Waals surface area contributed by atoms with Gasteiger partial charge in [-0.05, 0) is 47.0 Å². The van der Waals surface area contributed by atoms with Crippen molar-refractivity contribution in [2.45, 2.75) is 30.6 Å². The Morgan fingerprint density at radius 1 is 1.40 bits per heavy atom. The summed E-state index contributed by atoms with van der Waals surface area (Å²) in [6, 6.07) is 4.18. The number of nitrogens with one attached hydrogen (secondary N) is 1. The van der Waals surface area contributed by atoms with E-state index in [0.29, 0.717) is 29.4 Å². The maximum atomic E-state index is 11.7. The highest BCUT2D eigenvalue weighted by molar-refractivity contribution is 9.10. The normalized spacial score (nSPS) is 10.8. The third-order valence-electron chi connectivity index (χ3n) is 2.52. The molecule has 0 aromatic heterocycles. The summed E-state index contributed by atoms with van der Waals surface area (Å²) in [4.78, 5) is 11.7. The molecule has 1 amide bonds. The van der Waals surface area contributed by atoms with E-state index < -0.39 is 10.0 Å². The Morgan fingerprint density at radius 2 is 2.10 bits per heavy atom. The molecule has 5 nitrogen and oxygen atoms in total. The second-order valence-electron chi connectivity index (χ2n) is 4.15. The van der Waals surface area contributed by atoms with Gasteiger partial charge in [-0.3, -0.25) is 4.79 Å². The lowest BCUT2D eigenvalue weighted by molar-refractivity contribution is -0.116. The highest BCUT2D eigenvalue weighted by atomic mass is 79.9. The van der Waals surface area contributed by atoms with Crippen LogP contribution in [0.4, 0.5) is 5.69 Å². The number of amides is 1. The Bertz CT molecular complexity index is 636. The van der Waals surface area contributed by atoms with Crippen LogP contribution in [0.5, 0.6) is 0 Å². The predicted molar refractivity (Wildman–Crippen MR) is 81.4 cm³/mol. The number of hydrogen-bond donors (Lipinski definition) is 2. The van der Waals surface area contributed by atoms with Gasteiger partial charge in [0.1, 0.15) is 0 Å². The van der Waals surface area contributed by atoms with Gasteiger partial charge in [0.2, 0.25) is 15.9 Å². The van der Waals surface area contributed by atoms with Gasteiger partial charge in [-0.1, -0.05) is 0 Å². The average Bonchev–Trinajstić information content (AvgIpc) is 2.36. The first-order chi connectivity index (χ1) is 9.34. The number of hydrogen-bond acceptors (Lipinski definition) is 3. The maximum absolute atomic E-state index is 11.7. The second-order valence-corrected chi connectivity index (χ2v) is 6.56. The minimum absolute atomic E-state index is 0.0172. The molecule has 1 rings (SSSR count). The highest BCUT2D eigenvalue weighted by Crippen LogP contribution is 2.25. The summed E-state index contributed by atoms with van der Waals surface area (Å²) in [5.41, 5.74) is 0.499. The summed E-state index contributed by atoms with van der Waals surface area (Å²) in [6.45, 7) is 0. The van der Waals surface area contributed by atoms with Crippen LogP contribution in [0.3, 0.4) is 0 Å². The van der Waals surface area contributed by atoms with E-state index in [1.165, 1.54) is 18.2 Å². The second kappa shape index (κ2) is 7.43. The van der Waals surface area contributed by atoms with Crippen LogP contribution < -0.4 is 10.5 Å². The van der Waals surface area contributed by atoms with Gasteiger partial charge in [0.15, 0.2) is 0 Å². The van der Waals surface area contributed by atoms with Gasteiger partial charge < -0.3 is 5.32 Å². The van der Waals surface area contributed by atoms with Crippen molar-refractivity contribution in [2.24, 2.45) is 5.14 Å². The first-order valence-electron chi connectivity index (χ1n) is 5.90. The molecule has 0 saturated heterocycles. The molecule has 0 aliphatic rings. The van der Waals surface area contributed by atoms with Crippen molar-refractivity contribution in [3.05, 3.63) is 22.7 Å². The molecule has 0 bridgehead atoms. The Labute approximate surface area is 127 Å². The number of anilines is 1. The summed E-state index contributed by atoms with van der Waals surface area (Å²) in [5, 5.41) is 7.71. The van der Waals surface area contributed by atoms with E-state index in [0.717, 1.165) is 6.42 Å². The molecule has 7 heteroatoms. The number of terminal acetylenes is 1. The number of benzene rings is 1. The maximum Gasteiger partial charge on any atom is 0.238 e. The molecule has 108 valence electrons. The number of carbonyl (C=O) groups is 1. The Hall–Kier alpha value is -1.36.